The lowest BCUT2D eigenvalue weighted by Gasteiger charge is -2.45. The van der Waals surface area contributed by atoms with Gasteiger partial charge in [-0.2, -0.15) is 0 Å². The second-order valence-electron chi connectivity index (χ2n) is 12.0. The number of hydrogen-bond acceptors (Lipinski definition) is 6. The number of anilines is 3. The molecule has 0 radical (unpaired) electrons. The third-order valence-corrected chi connectivity index (χ3v) is 9.29. The molecular weight excluding hydrogens is 564 g/mol. The number of benzene rings is 3. The van der Waals surface area contributed by atoms with Crippen molar-refractivity contribution in [1.82, 2.24) is 9.80 Å². The van der Waals surface area contributed by atoms with Crippen molar-refractivity contribution in [3.05, 3.63) is 83.9 Å². The third-order valence-electron chi connectivity index (χ3n) is 9.29. The van der Waals surface area contributed by atoms with Gasteiger partial charge in [0.2, 0.25) is 5.91 Å². The molecule has 3 fully saturated rings. The maximum Gasteiger partial charge on any atom is 0.331 e. The predicted octanol–water partition coefficient (Wildman–Crippen LogP) is 5.73. The van der Waals surface area contributed by atoms with E-state index in [4.69, 9.17) is 10.5 Å². The van der Waals surface area contributed by atoms with Crippen molar-refractivity contribution >= 4 is 29.0 Å². The second kappa shape index (κ2) is 12.4. The number of amides is 3. The SMILES string of the molecule is COc1ccc(CN2C(=O)CCN(c3ccc(N4CCC(N5CCC(c6ccc(N)cc6)C(F)(F)C5)CC4)cc3)C2=O)cc1. The van der Waals surface area contributed by atoms with Gasteiger partial charge >= 0.3 is 6.03 Å². The fraction of sp³-hybridized carbons (Fsp3) is 0.412. The Morgan fingerprint density at radius 3 is 2.14 bits per heavy atom. The maximum absolute atomic E-state index is 15.3. The zero-order chi connectivity index (χ0) is 30.8. The van der Waals surface area contributed by atoms with Crippen molar-refractivity contribution < 1.29 is 23.1 Å². The van der Waals surface area contributed by atoms with E-state index in [9.17, 15) is 9.59 Å². The summed E-state index contributed by atoms with van der Waals surface area (Å²) >= 11 is 0. The highest BCUT2D eigenvalue weighted by atomic mass is 19.3. The molecule has 1 atom stereocenters. The number of alkyl halides is 2. The number of nitrogens with two attached hydrogens (primary N) is 1. The van der Waals surface area contributed by atoms with Crippen LogP contribution in [0.2, 0.25) is 0 Å². The molecule has 3 aliphatic heterocycles. The number of likely N-dealkylation sites (tertiary alicyclic amines) is 1. The van der Waals surface area contributed by atoms with Gasteiger partial charge in [-0.25, -0.2) is 13.6 Å². The average molecular weight is 604 g/mol. The number of nitrogens with zero attached hydrogens (tertiary/aromatic N) is 4. The van der Waals surface area contributed by atoms with E-state index in [1.807, 2.05) is 53.4 Å². The molecule has 6 rings (SSSR count). The number of nitrogen functional groups attached to an aromatic ring is 1. The molecule has 0 aliphatic carbocycles. The molecule has 2 N–H and O–H groups in total. The number of imide groups is 1. The number of ether oxygens (including phenoxy) is 1. The average Bonchev–Trinajstić information content (AvgIpc) is 3.04. The Morgan fingerprint density at radius 2 is 1.50 bits per heavy atom. The van der Waals surface area contributed by atoms with Crippen molar-refractivity contribution in [3.8, 4) is 5.75 Å². The van der Waals surface area contributed by atoms with Gasteiger partial charge in [0, 0.05) is 49.2 Å². The summed E-state index contributed by atoms with van der Waals surface area (Å²) in [5.74, 6) is -3.04. The van der Waals surface area contributed by atoms with Crippen LogP contribution in [-0.2, 0) is 11.3 Å². The van der Waals surface area contributed by atoms with Gasteiger partial charge in [-0.3, -0.25) is 19.5 Å². The normalized spacial score (nSPS) is 21.5. The van der Waals surface area contributed by atoms with E-state index in [0.717, 1.165) is 42.9 Å². The first-order valence-corrected chi connectivity index (χ1v) is 15.3. The first kappa shape index (κ1) is 29.9. The van der Waals surface area contributed by atoms with Gasteiger partial charge in [0.1, 0.15) is 5.75 Å². The van der Waals surface area contributed by atoms with Gasteiger partial charge in [-0.1, -0.05) is 24.3 Å². The van der Waals surface area contributed by atoms with E-state index >= 15 is 8.78 Å². The number of hydrogen-bond donors (Lipinski definition) is 1. The topological polar surface area (TPSA) is 82.3 Å². The number of urea groups is 1. The van der Waals surface area contributed by atoms with Gasteiger partial charge in [-0.15, -0.1) is 0 Å². The number of carbonyl (C=O) groups is 2. The van der Waals surface area contributed by atoms with Gasteiger partial charge < -0.3 is 15.4 Å². The number of carbonyl (C=O) groups excluding carboxylic acids is 2. The molecule has 8 nitrogen and oxygen atoms in total. The molecule has 0 aromatic heterocycles. The molecule has 0 spiro atoms. The summed E-state index contributed by atoms with van der Waals surface area (Å²) in [4.78, 5) is 33.2. The summed E-state index contributed by atoms with van der Waals surface area (Å²) in [5.41, 5.74) is 9.62. The van der Waals surface area contributed by atoms with Crippen LogP contribution >= 0.6 is 0 Å². The largest absolute Gasteiger partial charge is 0.497 e. The van der Waals surface area contributed by atoms with E-state index < -0.39 is 11.8 Å². The minimum Gasteiger partial charge on any atom is -0.497 e. The molecule has 44 heavy (non-hydrogen) atoms. The summed E-state index contributed by atoms with van der Waals surface area (Å²) in [6.45, 7) is 2.53. The van der Waals surface area contributed by atoms with E-state index in [1.54, 1.807) is 36.3 Å². The maximum atomic E-state index is 15.3. The van der Waals surface area contributed by atoms with Crippen LogP contribution in [0.25, 0.3) is 0 Å². The van der Waals surface area contributed by atoms with Crippen LogP contribution in [0.15, 0.2) is 72.8 Å². The van der Waals surface area contributed by atoms with Crippen LogP contribution < -0.4 is 20.3 Å². The summed E-state index contributed by atoms with van der Waals surface area (Å²) in [7, 11) is 1.59. The molecule has 3 saturated heterocycles. The van der Waals surface area contributed by atoms with Crippen LogP contribution in [0.1, 0.15) is 42.7 Å². The molecular formula is C34H39F2N5O3. The molecule has 0 saturated carbocycles. The zero-order valence-electron chi connectivity index (χ0n) is 25.0. The number of rotatable bonds is 7. The highest BCUT2D eigenvalue weighted by Crippen LogP contribution is 2.42. The molecule has 3 amide bonds. The van der Waals surface area contributed by atoms with Crippen LogP contribution in [0.5, 0.6) is 5.75 Å². The molecule has 232 valence electrons. The third kappa shape index (κ3) is 6.22. The van der Waals surface area contributed by atoms with Crippen LogP contribution in [0.4, 0.5) is 30.6 Å². The molecule has 10 heteroatoms. The zero-order valence-corrected chi connectivity index (χ0v) is 25.0. The predicted molar refractivity (Wildman–Crippen MR) is 167 cm³/mol. The Bertz CT molecular complexity index is 1460. The Balaban J connectivity index is 1.04. The molecule has 3 heterocycles. The molecule has 0 bridgehead atoms. The van der Waals surface area contributed by atoms with E-state index in [0.29, 0.717) is 36.5 Å². The fourth-order valence-corrected chi connectivity index (χ4v) is 6.75. The van der Waals surface area contributed by atoms with Crippen LogP contribution in [-0.4, -0.2) is 73.5 Å². The van der Waals surface area contributed by atoms with Crippen molar-refractivity contribution in [3.63, 3.8) is 0 Å². The summed E-state index contributed by atoms with van der Waals surface area (Å²) < 4.78 is 35.7. The monoisotopic (exact) mass is 603 g/mol. The first-order chi connectivity index (χ1) is 21.2. The Morgan fingerprint density at radius 1 is 0.841 bits per heavy atom. The smallest absolute Gasteiger partial charge is 0.331 e. The Hall–Kier alpha value is -4.18. The molecule has 3 aromatic carbocycles. The van der Waals surface area contributed by atoms with E-state index in [2.05, 4.69) is 4.90 Å². The highest BCUT2D eigenvalue weighted by molar-refractivity contribution is 6.05. The molecule has 3 aromatic rings. The number of methoxy groups -OCH3 is 1. The molecule has 1 unspecified atom stereocenters. The van der Waals surface area contributed by atoms with Crippen LogP contribution in [0, 0.1) is 0 Å². The standard InChI is InChI=1S/C34H39F2N5O3/c1-44-30-12-2-24(3-13-30)22-41-32(42)17-21-40(33(41)43)29-10-8-27(9-11-29)38-18-14-28(15-19-38)39-20-16-31(34(35,36)23-39)25-4-6-26(37)7-5-25/h2-13,28,31H,14-23,37H2,1H3. The minimum absolute atomic E-state index is 0.129. The number of piperidine rings is 2. The summed E-state index contributed by atoms with van der Waals surface area (Å²) in [6, 6.07) is 21.8. The van der Waals surface area contributed by atoms with E-state index in [-0.39, 0.29) is 37.5 Å². The fourth-order valence-electron chi connectivity index (χ4n) is 6.75. The summed E-state index contributed by atoms with van der Waals surface area (Å²) in [6.07, 6.45) is 2.32. The number of halogens is 2. The van der Waals surface area contributed by atoms with Crippen molar-refractivity contribution in [1.29, 1.82) is 0 Å². The quantitative estimate of drug-likeness (QED) is 0.348. The molecule has 3 aliphatic rings. The van der Waals surface area contributed by atoms with Gasteiger partial charge in [-0.05, 0) is 85.5 Å². The van der Waals surface area contributed by atoms with Crippen molar-refractivity contribution in [2.24, 2.45) is 0 Å². The Labute approximate surface area is 257 Å². The van der Waals surface area contributed by atoms with Crippen molar-refractivity contribution in [2.45, 2.75) is 50.1 Å². The van der Waals surface area contributed by atoms with Crippen molar-refractivity contribution in [2.75, 3.05) is 55.4 Å². The first-order valence-electron chi connectivity index (χ1n) is 15.3. The highest BCUT2D eigenvalue weighted by Gasteiger charge is 2.47. The Kier molecular flexibility index (Phi) is 8.44. The van der Waals surface area contributed by atoms with Gasteiger partial charge in [0.25, 0.3) is 5.92 Å². The lowest BCUT2D eigenvalue weighted by molar-refractivity contribution is -0.129. The van der Waals surface area contributed by atoms with Gasteiger partial charge in [0.15, 0.2) is 0 Å². The van der Waals surface area contributed by atoms with E-state index in [1.165, 1.54) is 4.90 Å². The van der Waals surface area contributed by atoms with Crippen LogP contribution in [0.3, 0.4) is 0 Å². The lowest BCUT2D eigenvalue weighted by atomic mass is 9.85. The summed E-state index contributed by atoms with van der Waals surface area (Å²) in [5, 5.41) is 0. The lowest BCUT2D eigenvalue weighted by Crippen LogP contribution is -2.54. The second-order valence-corrected chi connectivity index (χ2v) is 12.0. The van der Waals surface area contributed by atoms with Gasteiger partial charge in [0.05, 0.1) is 26.1 Å². The minimum atomic E-state index is -2.79.